The van der Waals surface area contributed by atoms with Gasteiger partial charge in [-0.25, -0.2) is 0 Å². The Morgan fingerprint density at radius 3 is 3.09 bits per heavy atom. The van der Waals surface area contributed by atoms with E-state index in [1.807, 2.05) is 17.0 Å². The van der Waals surface area contributed by atoms with Gasteiger partial charge in [-0.15, -0.1) is 11.3 Å². The molecule has 4 nitrogen and oxygen atoms in total. The van der Waals surface area contributed by atoms with Crippen LogP contribution in [0.5, 0.6) is 0 Å². The van der Waals surface area contributed by atoms with Gasteiger partial charge in [-0.2, -0.15) is 0 Å². The molecule has 4 atom stereocenters. The molecule has 1 saturated carbocycles. The molecule has 5 rings (SSSR count). The second kappa shape index (κ2) is 3.92. The number of amides is 1. The quantitative estimate of drug-likeness (QED) is 0.623. The van der Waals surface area contributed by atoms with Gasteiger partial charge in [0.2, 0.25) is 5.91 Å². The first-order chi connectivity index (χ1) is 10.5. The van der Waals surface area contributed by atoms with Crippen LogP contribution in [0, 0.1) is 17.3 Å². The highest BCUT2D eigenvalue weighted by Crippen LogP contribution is 2.68. The summed E-state index contributed by atoms with van der Waals surface area (Å²) in [7, 11) is 5.99. The van der Waals surface area contributed by atoms with E-state index in [0.717, 1.165) is 20.6 Å². The number of hydrogen-bond acceptors (Lipinski definition) is 4. The topological polar surface area (TPSA) is 45.7 Å². The minimum absolute atomic E-state index is 0.0222. The number of hydrogen-bond donors (Lipinski definition) is 0. The maximum atomic E-state index is 12.7. The van der Waals surface area contributed by atoms with Crippen LogP contribution in [0.2, 0.25) is 0 Å². The van der Waals surface area contributed by atoms with E-state index in [1.165, 1.54) is 0 Å². The average Bonchev–Trinajstić information content (AvgIpc) is 3.29. The van der Waals surface area contributed by atoms with Crippen LogP contribution in [0.4, 0.5) is 0 Å². The van der Waals surface area contributed by atoms with Crippen LogP contribution in [-0.4, -0.2) is 36.0 Å². The standard InChI is InChI=1S/C16H15BN2O2S/c1-16(2)10-11(16)14(20)19(15-12(10)21-15)6-7-5-9-13(22-7)8(17)3-4-18-9/h3-5,10-12,15H,6H2,1-2H3. The van der Waals surface area contributed by atoms with Gasteiger partial charge in [-0.3, -0.25) is 9.78 Å². The van der Waals surface area contributed by atoms with E-state index in [1.54, 1.807) is 17.5 Å². The van der Waals surface area contributed by atoms with Crippen molar-refractivity contribution in [2.45, 2.75) is 32.7 Å². The Labute approximate surface area is 133 Å². The summed E-state index contributed by atoms with van der Waals surface area (Å²) >= 11 is 1.62. The summed E-state index contributed by atoms with van der Waals surface area (Å²) in [4.78, 5) is 20.1. The van der Waals surface area contributed by atoms with Gasteiger partial charge in [0.25, 0.3) is 0 Å². The van der Waals surface area contributed by atoms with Crippen LogP contribution in [0.25, 0.3) is 10.2 Å². The van der Waals surface area contributed by atoms with Crippen LogP contribution >= 0.6 is 11.3 Å². The van der Waals surface area contributed by atoms with Gasteiger partial charge in [0, 0.05) is 27.6 Å². The summed E-state index contributed by atoms with van der Waals surface area (Å²) in [6.07, 6.45) is 1.94. The molecular weight excluding hydrogens is 295 g/mol. The fourth-order valence-corrected chi connectivity index (χ4v) is 5.15. The Hall–Kier alpha value is -1.40. The monoisotopic (exact) mass is 310 g/mol. The van der Waals surface area contributed by atoms with Crippen LogP contribution in [0.3, 0.4) is 0 Å². The van der Waals surface area contributed by atoms with Gasteiger partial charge in [0.05, 0.1) is 12.1 Å². The molecular formula is C16H15BN2O2S. The smallest absolute Gasteiger partial charge is 0.229 e. The third-order valence-electron chi connectivity index (χ3n) is 5.44. The number of rotatable bonds is 2. The number of likely N-dealkylation sites (tertiary alicyclic amines) is 1. The largest absolute Gasteiger partial charge is 0.347 e. The summed E-state index contributed by atoms with van der Waals surface area (Å²) in [5, 5.41) is 0. The maximum Gasteiger partial charge on any atom is 0.229 e. The number of pyridine rings is 1. The highest BCUT2D eigenvalue weighted by atomic mass is 32.1. The minimum Gasteiger partial charge on any atom is -0.347 e. The van der Waals surface area contributed by atoms with Crippen molar-refractivity contribution in [3.63, 3.8) is 0 Å². The number of aromatic nitrogens is 1. The van der Waals surface area contributed by atoms with E-state index < -0.39 is 0 Å². The van der Waals surface area contributed by atoms with E-state index in [-0.39, 0.29) is 29.6 Å². The average molecular weight is 310 g/mol. The summed E-state index contributed by atoms with van der Waals surface area (Å²) in [6, 6.07) is 3.84. The highest BCUT2D eigenvalue weighted by molar-refractivity contribution is 7.20. The lowest BCUT2D eigenvalue weighted by molar-refractivity contribution is -0.137. The molecule has 22 heavy (non-hydrogen) atoms. The van der Waals surface area contributed by atoms with Crippen LogP contribution in [0.15, 0.2) is 18.3 Å². The number of carbonyl (C=O) groups excluding carboxylic acids is 1. The molecule has 3 aliphatic rings. The SMILES string of the molecule is [B]c1ccnc2cc(CN3C(=O)C4C(C5OC53)C4(C)C)sc12. The van der Waals surface area contributed by atoms with Crippen molar-refractivity contribution < 1.29 is 9.53 Å². The molecule has 2 aromatic heterocycles. The van der Waals surface area contributed by atoms with E-state index >= 15 is 0 Å². The zero-order valence-corrected chi connectivity index (χ0v) is 13.3. The second-order valence-electron chi connectivity index (χ2n) is 7.11. The molecule has 0 aromatic carbocycles. The Kier molecular flexibility index (Phi) is 2.33. The van der Waals surface area contributed by atoms with Gasteiger partial charge < -0.3 is 9.64 Å². The van der Waals surface area contributed by atoms with E-state index in [2.05, 4.69) is 18.8 Å². The minimum atomic E-state index is -0.0222. The predicted molar refractivity (Wildman–Crippen MR) is 85.0 cm³/mol. The second-order valence-corrected chi connectivity index (χ2v) is 8.25. The van der Waals surface area contributed by atoms with Crippen molar-refractivity contribution in [1.29, 1.82) is 0 Å². The highest BCUT2D eigenvalue weighted by Gasteiger charge is 2.76. The fourth-order valence-electron chi connectivity index (χ4n) is 4.12. The molecule has 4 unspecified atom stereocenters. The first-order valence-electron chi connectivity index (χ1n) is 7.57. The van der Waals surface area contributed by atoms with Gasteiger partial charge in [0.1, 0.15) is 14.0 Å². The molecule has 110 valence electrons. The van der Waals surface area contributed by atoms with Crippen molar-refractivity contribution >= 4 is 40.8 Å². The predicted octanol–water partition coefficient (Wildman–Crippen LogP) is 1.43. The molecule has 2 aliphatic heterocycles. The number of carbonyl (C=O) groups is 1. The van der Waals surface area contributed by atoms with Gasteiger partial charge in [-0.1, -0.05) is 19.3 Å². The molecule has 2 saturated heterocycles. The van der Waals surface area contributed by atoms with Crippen LogP contribution in [-0.2, 0) is 16.1 Å². The molecule has 3 fully saturated rings. The molecule has 1 amide bonds. The molecule has 0 spiro atoms. The van der Waals surface area contributed by atoms with E-state index in [4.69, 9.17) is 12.6 Å². The van der Waals surface area contributed by atoms with Crippen LogP contribution < -0.4 is 5.46 Å². The van der Waals surface area contributed by atoms with Gasteiger partial charge >= 0.3 is 0 Å². The number of ether oxygens (including phenoxy) is 1. The van der Waals surface area contributed by atoms with Crippen molar-refractivity contribution in [2.24, 2.45) is 17.3 Å². The maximum absolute atomic E-state index is 12.7. The number of nitrogens with zero attached hydrogens (tertiary/aromatic N) is 2. The van der Waals surface area contributed by atoms with Crippen molar-refractivity contribution in [3.05, 3.63) is 23.2 Å². The van der Waals surface area contributed by atoms with Crippen molar-refractivity contribution in [1.82, 2.24) is 9.88 Å². The van der Waals surface area contributed by atoms with E-state index in [0.29, 0.717) is 12.5 Å². The van der Waals surface area contributed by atoms with E-state index in [9.17, 15) is 4.79 Å². The zero-order chi connectivity index (χ0) is 15.2. The first-order valence-corrected chi connectivity index (χ1v) is 8.39. The third kappa shape index (κ3) is 1.57. The summed E-state index contributed by atoms with van der Waals surface area (Å²) < 4.78 is 6.79. The van der Waals surface area contributed by atoms with Crippen LogP contribution in [0.1, 0.15) is 18.7 Å². The normalized spacial score (nSPS) is 34.5. The lowest BCUT2D eigenvalue weighted by atomic mass is 9.97. The van der Waals surface area contributed by atoms with Crippen molar-refractivity contribution in [3.8, 4) is 0 Å². The summed E-state index contributed by atoms with van der Waals surface area (Å²) in [5.41, 5.74) is 1.75. The number of epoxide rings is 1. The Bertz CT molecular complexity index is 818. The Morgan fingerprint density at radius 1 is 1.50 bits per heavy atom. The molecule has 2 radical (unpaired) electrons. The van der Waals surface area contributed by atoms with Gasteiger partial charge in [-0.05, 0) is 17.5 Å². The fraction of sp³-hybridized carbons (Fsp3) is 0.500. The lowest BCUT2D eigenvalue weighted by Gasteiger charge is -2.22. The number of thiophene rings is 1. The molecule has 4 heterocycles. The Morgan fingerprint density at radius 2 is 2.32 bits per heavy atom. The molecule has 0 bridgehead atoms. The molecule has 1 aliphatic carbocycles. The third-order valence-corrected chi connectivity index (χ3v) is 6.60. The lowest BCUT2D eigenvalue weighted by Crippen LogP contribution is -2.39. The van der Waals surface area contributed by atoms with Gasteiger partial charge in [0.15, 0.2) is 6.23 Å². The zero-order valence-electron chi connectivity index (χ0n) is 12.4. The summed E-state index contributed by atoms with van der Waals surface area (Å²) in [6.45, 7) is 4.94. The first kappa shape index (κ1) is 13.1. The molecule has 0 N–H and O–H groups in total. The molecule has 6 heteroatoms. The Balaban J connectivity index is 1.46. The summed E-state index contributed by atoms with van der Waals surface area (Å²) in [5.74, 6) is 0.793. The molecule has 2 aromatic rings. The number of fused-ring (bicyclic) bond motifs is 4. The van der Waals surface area contributed by atoms with Crippen molar-refractivity contribution in [2.75, 3.05) is 0 Å². The number of piperidine rings is 1.